The molecule has 30 nitrogen and oxygen atoms in total. The summed E-state index contributed by atoms with van der Waals surface area (Å²) in [5.41, 5.74) is 13.0. The lowest BCUT2D eigenvalue weighted by Gasteiger charge is -2.50. The fourth-order valence-corrected chi connectivity index (χ4v) is 18.5. The summed E-state index contributed by atoms with van der Waals surface area (Å²) in [6.45, 7) is 20.8. The van der Waals surface area contributed by atoms with Gasteiger partial charge in [0.1, 0.15) is 74.5 Å². The van der Waals surface area contributed by atoms with Crippen LogP contribution in [-0.4, -0.2) is 182 Å². The van der Waals surface area contributed by atoms with Gasteiger partial charge in [-0.1, -0.05) is 184 Å². The van der Waals surface area contributed by atoms with Crippen LogP contribution in [0.1, 0.15) is 196 Å². The molecule has 0 aromatic heterocycles. The van der Waals surface area contributed by atoms with Gasteiger partial charge < -0.3 is 129 Å². The van der Waals surface area contributed by atoms with Gasteiger partial charge in [0.25, 0.3) is 0 Å². The van der Waals surface area contributed by atoms with E-state index in [0.29, 0.717) is 39.1 Å². The summed E-state index contributed by atoms with van der Waals surface area (Å²) in [6, 6.07) is 28.0. The number of aliphatic hydroxyl groups is 6. The van der Waals surface area contributed by atoms with Crippen molar-refractivity contribution in [3.63, 3.8) is 0 Å². The maximum Gasteiger partial charge on any atom is 0.234 e. The molecule has 17 rings (SSSR count). The van der Waals surface area contributed by atoms with Gasteiger partial charge in [0.2, 0.25) is 23.1 Å². The van der Waals surface area contributed by atoms with Crippen molar-refractivity contribution < 1.29 is 148 Å². The highest BCUT2D eigenvalue weighted by atomic mass is 16.6. The number of allylic oxidation sites excluding steroid dienone is 27. The summed E-state index contributed by atoms with van der Waals surface area (Å²) >= 11 is 0. The van der Waals surface area contributed by atoms with Crippen molar-refractivity contribution in [3.05, 3.63) is 337 Å². The number of aromatic hydroxyl groups is 10. The highest BCUT2D eigenvalue weighted by molar-refractivity contribution is 6.07. The lowest BCUT2D eigenvalue weighted by Crippen LogP contribution is -2.60. The van der Waals surface area contributed by atoms with Crippen molar-refractivity contribution in [1.82, 2.24) is 0 Å². The largest absolute Gasteiger partial charge is 0.508 e. The summed E-state index contributed by atoms with van der Waals surface area (Å²) in [6.07, 6.45) is 34.0. The number of carbonyl (C=O) groups excluding carboxylic acids is 4. The van der Waals surface area contributed by atoms with E-state index in [1.165, 1.54) is 96.2 Å². The first-order chi connectivity index (χ1) is 69.2. The minimum Gasteiger partial charge on any atom is -0.508 e. The molecule has 8 aromatic rings. The molecule has 0 unspecified atom stereocenters. The second-order valence-corrected chi connectivity index (χ2v) is 37.1. The number of methoxy groups -OCH3 is 3. The maximum atomic E-state index is 13.3. The van der Waals surface area contributed by atoms with Gasteiger partial charge in [-0.2, -0.15) is 0 Å². The maximum absolute atomic E-state index is 13.3. The van der Waals surface area contributed by atoms with Gasteiger partial charge in [-0.25, -0.2) is 0 Å². The molecule has 762 valence electrons. The predicted octanol–water partition coefficient (Wildman–Crippen LogP) is 18.7. The van der Waals surface area contributed by atoms with E-state index in [1.54, 1.807) is 66.7 Å². The zero-order valence-corrected chi connectivity index (χ0v) is 82.4. The molecule has 0 spiro atoms. The Bertz CT molecular complexity index is 6600. The third-order valence-electron chi connectivity index (χ3n) is 25.9. The van der Waals surface area contributed by atoms with E-state index in [-0.39, 0.29) is 128 Å². The summed E-state index contributed by atoms with van der Waals surface area (Å²) in [7, 11) is 4.23. The average molecular weight is 1980 g/mol. The average Bonchev–Trinajstić information content (AvgIpc) is 1.55. The van der Waals surface area contributed by atoms with Crippen molar-refractivity contribution in [2.45, 2.75) is 167 Å². The van der Waals surface area contributed by atoms with Crippen LogP contribution in [0.5, 0.6) is 109 Å². The first kappa shape index (κ1) is 107. The fourth-order valence-electron chi connectivity index (χ4n) is 18.5. The molecular weight excluding hydrogens is 1860 g/mol. The number of fused-ring (bicyclic) bond motifs is 5. The second-order valence-electron chi connectivity index (χ2n) is 37.1. The van der Waals surface area contributed by atoms with Gasteiger partial charge in [0.05, 0.1) is 53.0 Å². The van der Waals surface area contributed by atoms with Gasteiger partial charge in [0, 0.05) is 65.3 Å². The standard InChI is InChI=1S/C40H56.3C25H22O10/c1-33(2)19-13-23-37(7)27-17-31-39(9)29-15-25-35(5)21-11-12-22-36(6)26-16-30-40(10)32-18-28-38(8)24-14-20-34(3)4;1-33-16-4-9(2-3-14(16)27)18-11-7-12(20-13(18)8-34-25(20,32)24(11)31)23-22(30)21(29)19-15(28)5-10(26)6-17(19)35-23;1-32-17-6-11(2-4-14(17)28)24-20(10-26)33-16-5-3-12(7-18(16)34-24)25-23(31)22(30)21-15(29)8-13(27)9-19(21)35-25;1-33-18-6-10(2-3-15(18)28)23-14(9-26)13-4-11(5-17(30)25(13)35-23)24-22(32)21(31)20-16(29)7-12(27)8-19(20)34-24/h11-12,15-22,25-32H,13-14,23-24H2,1-10H3;2-7,11,13,18,20,22-23,26-28,30,32H,8H2,1H3;2-9,20,23-29,31H,10H2,1H3;2-8,14,22-24,26-30,32H,9H2,1H3/b12-11+,25-15+,26-16+,31-17+,32-18+,35-21+,36-22+,37-27+,38-28+,39-29+,40-30+;;;/t;11-,13-,18+,20+,22+,23-,25-;20-,23+,24-,25-;14-,22+,23+,24-/m.111/s1. The van der Waals surface area contributed by atoms with Crippen LogP contribution in [0.15, 0.2) is 287 Å². The summed E-state index contributed by atoms with van der Waals surface area (Å²) in [5.74, 6) is -10.1. The molecule has 1 saturated carbocycles. The van der Waals surface area contributed by atoms with Gasteiger partial charge >= 0.3 is 0 Å². The van der Waals surface area contributed by atoms with Crippen molar-refractivity contribution in [2.24, 2.45) is 17.8 Å². The number of carbonyl (C=O) groups is 4. The molecule has 145 heavy (non-hydrogen) atoms. The number of ether oxygens (including phenoxy) is 10. The summed E-state index contributed by atoms with van der Waals surface area (Å²) in [5, 5.41) is 164. The van der Waals surface area contributed by atoms with E-state index in [1.807, 2.05) is 0 Å². The van der Waals surface area contributed by atoms with Crippen LogP contribution in [-0.2, 0) is 9.53 Å². The predicted molar refractivity (Wildman–Crippen MR) is 541 cm³/mol. The molecule has 16 N–H and O–H groups in total. The minimum absolute atomic E-state index is 0.0452. The van der Waals surface area contributed by atoms with Crippen molar-refractivity contribution in [1.29, 1.82) is 0 Å². The van der Waals surface area contributed by atoms with Crippen LogP contribution >= 0.6 is 0 Å². The molecule has 1 saturated heterocycles. The zero-order chi connectivity index (χ0) is 105. The van der Waals surface area contributed by atoms with Crippen LogP contribution in [0.3, 0.4) is 0 Å². The van der Waals surface area contributed by atoms with Crippen LogP contribution in [0.2, 0.25) is 0 Å². The number of Topliss-reactive ketones (excluding diaryl/α,β-unsaturated/α-hetero) is 4. The first-order valence-electron chi connectivity index (χ1n) is 47.1. The minimum atomic E-state index is -2.13. The van der Waals surface area contributed by atoms with Crippen LogP contribution in [0.25, 0.3) is 0 Å². The van der Waals surface area contributed by atoms with E-state index < -0.39 is 131 Å². The van der Waals surface area contributed by atoms with Gasteiger partial charge in [-0.3, -0.25) is 19.2 Å². The number of phenolic OH excluding ortho intramolecular Hbond substituents is 10. The van der Waals surface area contributed by atoms with E-state index >= 15 is 0 Å². The number of hydrogen-bond acceptors (Lipinski definition) is 30. The van der Waals surface area contributed by atoms with Gasteiger partial charge in [-0.15, -0.1) is 0 Å². The quantitative estimate of drug-likeness (QED) is 0.0168. The Morgan fingerprint density at radius 1 is 0.393 bits per heavy atom. The number of ketones is 4. The molecule has 2 fully saturated rings. The number of phenols is 10. The molecule has 0 amide bonds. The van der Waals surface area contributed by atoms with E-state index in [4.69, 9.17) is 47.4 Å². The van der Waals surface area contributed by atoms with Crippen molar-refractivity contribution >= 4 is 23.1 Å². The number of aliphatic hydroxyl groups excluding tert-OH is 5. The molecule has 8 aromatic carbocycles. The normalized spacial score (nSPS) is 23.5. The topological polar surface area (TPSA) is 484 Å². The number of hydrogen-bond donors (Lipinski definition) is 16. The van der Waals surface area contributed by atoms with Crippen LogP contribution in [0.4, 0.5) is 0 Å². The van der Waals surface area contributed by atoms with Crippen LogP contribution < -0.4 is 42.6 Å². The molecule has 6 heterocycles. The van der Waals surface area contributed by atoms with Crippen molar-refractivity contribution in [3.8, 4) is 109 Å². The van der Waals surface area contributed by atoms with Crippen LogP contribution in [0, 0.1) is 17.8 Å². The third kappa shape index (κ3) is 24.3. The Balaban J connectivity index is 0.000000162. The summed E-state index contributed by atoms with van der Waals surface area (Å²) in [4.78, 5) is 51.7. The molecule has 9 aliphatic rings. The highest BCUT2D eigenvalue weighted by Gasteiger charge is 2.69. The summed E-state index contributed by atoms with van der Waals surface area (Å²) < 4.78 is 56.6. The molecule has 15 atom stereocenters. The molecule has 3 aliphatic carbocycles. The lowest BCUT2D eigenvalue weighted by atomic mass is 9.55. The van der Waals surface area contributed by atoms with Gasteiger partial charge in [0.15, 0.2) is 112 Å². The SMILES string of the molecule is CC(C)=CCC/C(C)=C/C=C/C(C)=C/C=C/C(C)=C/C=C/C=C(C)/C=C/C=C(C)/C=C/C=C(\C)CCC=C(C)C.COc1cc([C@@H]2Oc3c(O)cc([C@H]4Oc5cc(O)cc(O)c5C(=O)[C@@H]4O)cc3[C@H]2CO)ccc1O.COc1cc([C@@H]2[C@H]3CO[C@@]4(O)C(=O)[C@@H]2C=C([C@H]2Oc5cc(O)cc(O)c5C(=O)[C@@H]2O)[C@@H]34)ccc1O.COc1cc([C@H]2Oc3cc([C@H]4Oc5cc(O)cc(O)c5C(=O)[C@@H]4O)ccc3O[C@@H]2CO)ccc1O. The second kappa shape index (κ2) is 46.8. The Morgan fingerprint density at radius 3 is 1.24 bits per heavy atom. The Hall–Kier alpha value is -15.3. The monoisotopic (exact) mass is 1980 g/mol. The molecule has 0 radical (unpaired) electrons. The number of benzene rings is 8. The fraction of sp³-hybridized carbons (Fsp3) is 0.304. The molecule has 4 bridgehead atoms. The Labute approximate surface area is 839 Å². The van der Waals surface area contributed by atoms with E-state index in [9.17, 15) is 101 Å². The van der Waals surface area contributed by atoms with Crippen molar-refractivity contribution in [2.75, 3.05) is 41.2 Å². The molecule has 6 aliphatic heterocycles. The van der Waals surface area contributed by atoms with E-state index in [2.05, 4.69) is 179 Å². The first-order valence-corrected chi connectivity index (χ1v) is 47.1. The smallest absolute Gasteiger partial charge is 0.234 e. The zero-order valence-electron chi connectivity index (χ0n) is 82.4. The Kier molecular flexibility index (Phi) is 34.6. The van der Waals surface area contributed by atoms with Gasteiger partial charge in [-0.05, 0) is 183 Å². The van der Waals surface area contributed by atoms with E-state index in [0.717, 1.165) is 56.0 Å². The lowest BCUT2D eigenvalue weighted by molar-refractivity contribution is -0.206. The molecular formula is C115H122O30. The Morgan fingerprint density at radius 2 is 0.793 bits per heavy atom. The third-order valence-corrected chi connectivity index (χ3v) is 25.9. The highest BCUT2D eigenvalue weighted by Crippen LogP contribution is 2.62. The number of rotatable bonds is 27. The molecule has 30 heteroatoms.